The number of hydrogen-bond acceptors (Lipinski definition) is 6. The van der Waals surface area contributed by atoms with Gasteiger partial charge in [0.15, 0.2) is 11.5 Å². The normalized spacial score (nSPS) is 11.3. The van der Waals surface area contributed by atoms with Gasteiger partial charge in [-0.3, -0.25) is 0 Å². The van der Waals surface area contributed by atoms with Gasteiger partial charge in [0.25, 0.3) is 0 Å². The van der Waals surface area contributed by atoms with Crippen molar-refractivity contribution in [2.24, 2.45) is 0 Å². The maximum Gasteiger partial charge on any atom is 0.573 e. The van der Waals surface area contributed by atoms with Crippen molar-refractivity contribution in [1.29, 1.82) is 0 Å². The molecule has 0 saturated heterocycles. The molecule has 0 atom stereocenters. The molecule has 0 spiro atoms. The summed E-state index contributed by atoms with van der Waals surface area (Å²) in [4.78, 5) is 0.579. The summed E-state index contributed by atoms with van der Waals surface area (Å²) in [6.07, 6.45) is -0.891. The zero-order chi connectivity index (χ0) is 23.8. The zero-order valence-electron chi connectivity index (χ0n) is 18.1. The van der Waals surface area contributed by atoms with Crippen LogP contribution in [0.2, 0.25) is 0 Å². The van der Waals surface area contributed by atoms with Crippen LogP contribution in [-0.4, -0.2) is 27.7 Å². The lowest BCUT2D eigenvalue weighted by Crippen LogP contribution is -2.17. The van der Waals surface area contributed by atoms with Gasteiger partial charge in [0.1, 0.15) is 5.75 Å². The third-order valence-electron chi connectivity index (χ3n) is 4.37. The molecule has 0 aliphatic heterocycles. The first-order chi connectivity index (χ1) is 15.8. The van der Waals surface area contributed by atoms with Gasteiger partial charge >= 0.3 is 6.36 Å². The van der Waals surface area contributed by atoms with Crippen LogP contribution in [0.3, 0.4) is 0 Å². The lowest BCUT2D eigenvalue weighted by Gasteiger charge is -2.12. The fourth-order valence-corrected chi connectivity index (χ4v) is 3.63. The third-order valence-corrected chi connectivity index (χ3v) is 5.20. The summed E-state index contributed by atoms with van der Waals surface area (Å²) < 4.78 is 60.4. The Bertz CT molecular complexity index is 1090. The van der Waals surface area contributed by atoms with Crippen molar-refractivity contribution in [2.75, 3.05) is 26.1 Å². The van der Waals surface area contributed by atoms with E-state index >= 15 is 0 Å². The van der Waals surface area contributed by atoms with E-state index in [1.807, 2.05) is 48.6 Å². The maximum absolute atomic E-state index is 12.4. The van der Waals surface area contributed by atoms with E-state index in [4.69, 9.17) is 14.2 Å². The summed E-state index contributed by atoms with van der Waals surface area (Å²) in [5.41, 5.74) is 2.57. The van der Waals surface area contributed by atoms with Crippen LogP contribution in [-0.2, 0) is 0 Å². The number of anilines is 1. The summed E-state index contributed by atoms with van der Waals surface area (Å²) in [5.74, 6) is 1.36. The van der Waals surface area contributed by atoms with E-state index in [1.54, 1.807) is 27.4 Å². The van der Waals surface area contributed by atoms with Crippen LogP contribution in [0.5, 0.6) is 23.0 Å². The number of hydrogen-bond donors (Lipinski definition) is 1. The minimum atomic E-state index is -4.73. The minimum Gasteiger partial charge on any atom is -0.493 e. The SMILES string of the molecule is COc1cc(/C=C\c2cccc(NSc3cccc(OC(F)(F)F)c3)c2)cc(OC)c1OC. The second kappa shape index (κ2) is 10.9. The second-order valence-electron chi connectivity index (χ2n) is 6.64. The monoisotopic (exact) mass is 477 g/mol. The molecule has 0 amide bonds. The van der Waals surface area contributed by atoms with Crippen molar-refractivity contribution in [2.45, 2.75) is 11.3 Å². The molecule has 0 aromatic heterocycles. The van der Waals surface area contributed by atoms with E-state index in [0.29, 0.717) is 22.1 Å². The Morgan fingerprint density at radius 2 is 1.45 bits per heavy atom. The average molecular weight is 478 g/mol. The highest BCUT2D eigenvalue weighted by molar-refractivity contribution is 8.00. The number of rotatable bonds is 9. The Balaban J connectivity index is 1.71. The van der Waals surface area contributed by atoms with E-state index in [1.165, 1.54) is 30.1 Å². The molecular formula is C24H22F3NO4S. The molecule has 1 N–H and O–H groups in total. The highest BCUT2D eigenvalue weighted by Crippen LogP contribution is 2.38. The molecule has 0 aliphatic rings. The quantitative estimate of drug-likeness (QED) is 0.267. The molecule has 0 fully saturated rings. The molecule has 0 bridgehead atoms. The van der Waals surface area contributed by atoms with Crippen LogP contribution < -0.4 is 23.7 Å². The topological polar surface area (TPSA) is 49.0 Å². The number of halogens is 3. The first-order valence-corrected chi connectivity index (χ1v) is 10.5. The van der Waals surface area contributed by atoms with Gasteiger partial charge in [-0.15, -0.1) is 13.2 Å². The Labute approximate surface area is 194 Å². The molecule has 9 heteroatoms. The summed E-state index contributed by atoms with van der Waals surface area (Å²) >= 11 is 1.18. The van der Waals surface area contributed by atoms with Crippen LogP contribution in [0, 0.1) is 0 Å². The lowest BCUT2D eigenvalue weighted by atomic mass is 10.1. The average Bonchev–Trinajstić information content (AvgIpc) is 2.80. The Morgan fingerprint density at radius 1 is 0.788 bits per heavy atom. The predicted molar refractivity (Wildman–Crippen MR) is 124 cm³/mol. The second-order valence-corrected chi connectivity index (χ2v) is 7.52. The van der Waals surface area contributed by atoms with Crippen LogP contribution >= 0.6 is 11.9 Å². The van der Waals surface area contributed by atoms with Crippen molar-refractivity contribution in [3.05, 3.63) is 71.8 Å². The van der Waals surface area contributed by atoms with Crippen molar-refractivity contribution in [3.63, 3.8) is 0 Å². The molecule has 3 rings (SSSR count). The third kappa shape index (κ3) is 7.01. The molecule has 0 saturated carbocycles. The van der Waals surface area contributed by atoms with Gasteiger partial charge < -0.3 is 23.7 Å². The van der Waals surface area contributed by atoms with Crippen molar-refractivity contribution >= 4 is 29.8 Å². The van der Waals surface area contributed by atoms with Gasteiger partial charge in [0, 0.05) is 10.6 Å². The highest BCUT2D eigenvalue weighted by atomic mass is 32.2. The highest BCUT2D eigenvalue weighted by Gasteiger charge is 2.31. The molecule has 174 valence electrons. The number of methoxy groups -OCH3 is 3. The molecule has 3 aromatic carbocycles. The zero-order valence-corrected chi connectivity index (χ0v) is 18.9. The smallest absolute Gasteiger partial charge is 0.493 e. The first kappa shape index (κ1) is 24.2. The molecule has 0 unspecified atom stereocenters. The van der Waals surface area contributed by atoms with Gasteiger partial charge in [-0.05, 0) is 65.5 Å². The summed E-state index contributed by atoms with van der Waals surface area (Å²) in [6.45, 7) is 0. The molecule has 0 heterocycles. The minimum absolute atomic E-state index is 0.267. The number of ether oxygens (including phenoxy) is 4. The van der Waals surface area contributed by atoms with Crippen LogP contribution in [0.4, 0.5) is 18.9 Å². The van der Waals surface area contributed by atoms with Crippen LogP contribution in [0.1, 0.15) is 11.1 Å². The fourth-order valence-electron chi connectivity index (χ4n) is 2.95. The molecular weight excluding hydrogens is 455 g/mol. The van der Waals surface area contributed by atoms with E-state index in [0.717, 1.165) is 16.8 Å². The Hall–Kier alpha value is -3.46. The van der Waals surface area contributed by atoms with Crippen molar-refractivity contribution in [3.8, 4) is 23.0 Å². The van der Waals surface area contributed by atoms with E-state index in [-0.39, 0.29) is 5.75 Å². The van der Waals surface area contributed by atoms with E-state index in [2.05, 4.69) is 9.46 Å². The predicted octanol–water partition coefficient (Wildman–Crippen LogP) is 6.90. The fraction of sp³-hybridized carbons (Fsp3) is 0.167. The molecule has 0 aliphatic carbocycles. The van der Waals surface area contributed by atoms with Crippen molar-refractivity contribution in [1.82, 2.24) is 0 Å². The standard InChI is InChI=1S/C24H22F3NO4S/c1-29-21-13-17(14-22(30-2)23(21)31-3)11-10-16-6-4-7-18(12-16)28-33-20-9-5-8-19(15-20)32-24(25,26)27/h4-15,28H,1-3H3/b11-10-. The summed E-state index contributed by atoms with van der Waals surface area (Å²) in [6, 6.07) is 17.0. The maximum atomic E-state index is 12.4. The number of nitrogens with one attached hydrogen (secondary N) is 1. The van der Waals surface area contributed by atoms with Gasteiger partial charge in [-0.2, -0.15) is 0 Å². The van der Waals surface area contributed by atoms with Gasteiger partial charge in [-0.25, -0.2) is 0 Å². The van der Waals surface area contributed by atoms with Crippen LogP contribution in [0.15, 0.2) is 65.6 Å². The summed E-state index contributed by atoms with van der Waals surface area (Å²) in [7, 11) is 4.66. The Morgan fingerprint density at radius 3 is 2.09 bits per heavy atom. The van der Waals surface area contributed by atoms with Gasteiger partial charge in [-0.1, -0.05) is 30.4 Å². The molecule has 0 radical (unpaired) electrons. The molecule has 33 heavy (non-hydrogen) atoms. The van der Waals surface area contributed by atoms with Crippen LogP contribution in [0.25, 0.3) is 12.2 Å². The molecule has 3 aromatic rings. The number of alkyl halides is 3. The van der Waals surface area contributed by atoms with Gasteiger partial charge in [0.05, 0.1) is 21.3 Å². The van der Waals surface area contributed by atoms with E-state index < -0.39 is 6.36 Å². The van der Waals surface area contributed by atoms with E-state index in [9.17, 15) is 13.2 Å². The summed E-state index contributed by atoms with van der Waals surface area (Å²) in [5, 5.41) is 0. The Kier molecular flexibility index (Phi) is 8.00. The first-order valence-electron chi connectivity index (χ1n) is 9.68. The largest absolute Gasteiger partial charge is 0.573 e. The van der Waals surface area contributed by atoms with Gasteiger partial charge in [0.2, 0.25) is 5.75 Å². The molecule has 5 nitrogen and oxygen atoms in total. The lowest BCUT2D eigenvalue weighted by molar-refractivity contribution is -0.274. The van der Waals surface area contributed by atoms with Crippen molar-refractivity contribution < 1.29 is 32.1 Å². The number of benzene rings is 3.